The topological polar surface area (TPSA) is 54.5 Å². The van der Waals surface area contributed by atoms with E-state index in [1.165, 1.54) is 29.2 Å². The molecule has 184 valence electrons. The van der Waals surface area contributed by atoms with E-state index in [9.17, 15) is 22.4 Å². The summed E-state index contributed by atoms with van der Waals surface area (Å²) in [6.45, 7) is 3.79. The summed E-state index contributed by atoms with van der Waals surface area (Å²) in [6.07, 6.45) is -2.89. The van der Waals surface area contributed by atoms with Crippen LogP contribution in [0.2, 0.25) is 5.15 Å². The summed E-state index contributed by atoms with van der Waals surface area (Å²) in [6, 6.07) is 13.2. The molecular weight excluding hydrogens is 486 g/mol. The third-order valence-electron chi connectivity index (χ3n) is 5.87. The molecule has 3 aromatic rings. The van der Waals surface area contributed by atoms with Gasteiger partial charge in [-0.05, 0) is 73.9 Å². The van der Waals surface area contributed by atoms with Crippen LogP contribution in [0.25, 0.3) is 0 Å². The van der Waals surface area contributed by atoms with Gasteiger partial charge in [-0.1, -0.05) is 29.8 Å². The van der Waals surface area contributed by atoms with Crippen LogP contribution < -0.4 is 15.0 Å². The van der Waals surface area contributed by atoms with E-state index >= 15 is 0 Å². The monoisotopic (exact) mass is 507 g/mol. The Hall–Kier alpha value is -3.17. The molecule has 1 saturated heterocycles. The normalized spacial score (nSPS) is 18.7. The third kappa shape index (κ3) is 5.74. The molecule has 0 bridgehead atoms. The lowest BCUT2D eigenvalue weighted by molar-refractivity contribution is -0.274. The zero-order chi connectivity index (χ0) is 25.4. The summed E-state index contributed by atoms with van der Waals surface area (Å²) in [5.74, 6) is -1.15. The molecule has 1 fully saturated rings. The number of pyridine rings is 1. The van der Waals surface area contributed by atoms with Crippen molar-refractivity contribution in [2.24, 2.45) is 0 Å². The van der Waals surface area contributed by atoms with Crippen LogP contribution >= 0.6 is 11.6 Å². The Labute approximate surface area is 204 Å². The number of amides is 1. The molecule has 5 nitrogen and oxygen atoms in total. The Kier molecular flexibility index (Phi) is 6.75. The minimum absolute atomic E-state index is 0.293. The van der Waals surface area contributed by atoms with Crippen LogP contribution in [-0.2, 0) is 10.3 Å². The fraction of sp³-hybridized carbons (Fsp3) is 0.280. The molecule has 0 radical (unpaired) electrons. The highest BCUT2D eigenvalue weighted by atomic mass is 35.5. The fourth-order valence-corrected chi connectivity index (χ4v) is 4.36. The largest absolute Gasteiger partial charge is 0.573 e. The molecule has 1 aromatic heterocycles. The van der Waals surface area contributed by atoms with Crippen LogP contribution in [0, 0.1) is 5.82 Å². The molecule has 4 rings (SSSR count). The van der Waals surface area contributed by atoms with Crippen molar-refractivity contribution in [3.8, 4) is 5.75 Å². The van der Waals surface area contributed by atoms with Gasteiger partial charge in [0.15, 0.2) is 0 Å². The first-order valence-electron chi connectivity index (χ1n) is 10.8. The molecule has 1 aliphatic rings. The Morgan fingerprint density at radius 1 is 1.09 bits per heavy atom. The van der Waals surface area contributed by atoms with Gasteiger partial charge in [-0.15, -0.1) is 13.2 Å². The SMILES string of the molecule is CC(C)(N[C@@H]1C[C@@H](c2cccc(F)c2)N(c2ccc(OC(F)(F)F)cc2)C1=O)c1ccc(Cl)nc1. The maximum atomic E-state index is 14.0. The van der Waals surface area contributed by atoms with Crippen molar-refractivity contribution < 1.29 is 27.1 Å². The molecular formula is C25H22ClF4N3O2. The Balaban J connectivity index is 1.65. The van der Waals surface area contributed by atoms with Gasteiger partial charge in [0.25, 0.3) is 0 Å². The highest BCUT2D eigenvalue weighted by molar-refractivity contribution is 6.29. The second kappa shape index (κ2) is 9.47. The number of carbonyl (C=O) groups is 1. The molecule has 1 N–H and O–H groups in total. The lowest BCUT2D eigenvalue weighted by atomic mass is 9.93. The second-order valence-corrected chi connectivity index (χ2v) is 9.14. The zero-order valence-corrected chi connectivity index (χ0v) is 19.6. The Morgan fingerprint density at radius 2 is 1.80 bits per heavy atom. The Morgan fingerprint density at radius 3 is 2.40 bits per heavy atom. The summed E-state index contributed by atoms with van der Waals surface area (Å²) in [5.41, 5.74) is 1.09. The predicted octanol–water partition coefficient (Wildman–Crippen LogP) is 6.14. The van der Waals surface area contributed by atoms with E-state index in [0.29, 0.717) is 22.8 Å². The number of benzene rings is 2. The van der Waals surface area contributed by atoms with Crippen molar-refractivity contribution in [3.63, 3.8) is 0 Å². The number of alkyl halides is 3. The van der Waals surface area contributed by atoms with E-state index in [0.717, 1.165) is 17.7 Å². The highest BCUT2D eigenvalue weighted by Crippen LogP contribution is 2.39. The number of nitrogens with zero attached hydrogens (tertiary/aromatic N) is 2. The summed E-state index contributed by atoms with van der Waals surface area (Å²) < 4.78 is 55.6. The molecule has 0 spiro atoms. The van der Waals surface area contributed by atoms with Gasteiger partial charge in [0.05, 0.1) is 12.1 Å². The van der Waals surface area contributed by atoms with Crippen LogP contribution in [0.3, 0.4) is 0 Å². The third-order valence-corrected chi connectivity index (χ3v) is 6.10. The molecule has 2 aromatic carbocycles. The minimum atomic E-state index is -4.83. The van der Waals surface area contributed by atoms with E-state index in [1.807, 2.05) is 19.9 Å². The van der Waals surface area contributed by atoms with E-state index in [1.54, 1.807) is 24.4 Å². The minimum Gasteiger partial charge on any atom is -0.406 e. The first-order valence-corrected chi connectivity index (χ1v) is 11.1. The van der Waals surface area contributed by atoms with Crippen LogP contribution in [0.15, 0.2) is 66.9 Å². The van der Waals surface area contributed by atoms with Crippen molar-refractivity contribution in [1.82, 2.24) is 10.3 Å². The predicted molar refractivity (Wildman–Crippen MR) is 124 cm³/mol. The van der Waals surface area contributed by atoms with Crippen molar-refractivity contribution in [3.05, 3.63) is 89.0 Å². The van der Waals surface area contributed by atoms with Gasteiger partial charge in [0, 0.05) is 17.4 Å². The standard InChI is InChI=1S/C25H22ClF4N3O2/c1-24(2,16-6-11-22(26)31-14-16)32-20-13-21(15-4-3-5-17(27)12-15)33(23(20)34)18-7-9-19(10-8-18)35-25(28,29)30/h3-12,14,20-21,32H,13H2,1-2H3/t20-,21+/m1/s1. The van der Waals surface area contributed by atoms with Crippen molar-refractivity contribution in [2.75, 3.05) is 4.90 Å². The van der Waals surface area contributed by atoms with Gasteiger partial charge >= 0.3 is 6.36 Å². The molecule has 2 atom stereocenters. The summed E-state index contributed by atoms with van der Waals surface area (Å²) >= 11 is 5.89. The van der Waals surface area contributed by atoms with Gasteiger partial charge in [-0.2, -0.15) is 0 Å². The maximum absolute atomic E-state index is 14.0. The van der Waals surface area contributed by atoms with E-state index in [4.69, 9.17) is 11.6 Å². The van der Waals surface area contributed by atoms with Crippen LogP contribution in [0.5, 0.6) is 5.75 Å². The smallest absolute Gasteiger partial charge is 0.406 e. The summed E-state index contributed by atoms with van der Waals surface area (Å²) in [5, 5.41) is 3.70. The number of carbonyl (C=O) groups excluding carboxylic acids is 1. The zero-order valence-electron chi connectivity index (χ0n) is 18.8. The number of nitrogens with one attached hydrogen (secondary N) is 1. The molecule has 1 amide bonds. The quantitative estimate of drug-likeness (QED) is 0.321. The van der Waals surface area contributed by atoms with Crippen LogP contribution in [0.1, 0.15) is 37.4 Å². The van der Waals surface area contributed by atoms with Crippen molar-refractivity contribution in [1.29, 1.82) is 0 Å². The lowest BCUT2D eigenvalue weighted by Gasteiger charge is -2.30. The van der Waals surface area contributed by atoms with Gasteiger partial charge in [0.1, 0.15) is 16.7 Å². The first-order chi connectivity index (χ1) is 16.4. The molecule has 0 unspecified atom stereocenters. The van der Waals surface area contributed by atoms with Gasteiger partial charge in [-0.25, -0.2) is 9.37 Å². The number of rotatable bonds is 6. The van der Waals surface area contributed by atoms with Crippen molar-refractivity contribution >= 4 is 23.2 Å². The fourth-order valence-electron chi connectivity index (χ4n) is 4.25. The summed E-state index contributed by atoms with van der Waals surface area (Å²) in [7, 11) is 0. The van der Waals surface area contributed by atoms with E-state index in [-0.39, 0.29) is 5.91 Å². The molecule has 10 heteroatoms. The summed E-state index contributed by atoms with van der Waals surface area (Å²) in [4.78, 5) is 19.1. The molecule has 0 aliphatic carbocycles. The average molecular weight is 508 g/mol. The number of ether oxygens (including phenoxy) is 1. The molecule has 0 saturated carbocycles. The van der Waals surface area contributed by atoms with E-state index in [2.05, 4.69) is 15.0 Å². The average Bonchev–Trinajstić information content (AvgIpc) is 3.09. The molecule has 2 heterocycles. The molecule has 35 heavy (non-hydrogen) atoms. The van der Waals surface area contributed by atoms with Crippen LogP contribution in [0.4, 0.5) is 23.2 Å². The van der Waals surface area contributed by atoms with Crippen LogP contribution in [-0.4, -0.2) is 23.3 Å². The first kappa shape index (κ1) is 24.9. The number of anilines is 1. The second-order valence-electron chi connectivity index (χ2n) is 8.75. The number of halogens is 5. The van der Waals surface area contributed by atoms with Gasteiger partial charge < -0.3 is 9.64 Å². The van der Waals surface area contributed by atoms with Gasteiger partial charge in [-0.3, -0.25) is 10.1 Å². The highest BCUT2D eigenvalue weighted by Gasteiger charge is 2.43. The number of hydrogen-bond donors (Lipinski definition) is 1. The van der Waals surface area contributed by atoms with Crippen molar-refractivity contribution in [2.45, 2.75) is 44.3 Å². The number of hydrogen-bond acceptors (Lipinski definition) is 4. The van der Waals surface area contributed by atoms with E-state index < -0.39 is 35.6 Å². The molecule has 1 aliphatic heterocycles. The Bertz CT molecular complexity index is 1200. The van der Waals surface area contributed by atoms with Gasteiger partial charge in [0.2, 0.25) is 5.91 Å². The number of aromatic nitrogens is 1. The lowest BCUT2D eigenvalue weighted by Crippen LogP contribution is -2.47. The maximum Gasteiger partial charge on any atom is 0.573 e.